The molecule has 0 saturated heterocycles. The van der Waals surface area contributed by atoms with E-state index in [0.717, 1.165) is 12.8 Å². The Hall–Kier alpha value is -1.10. The second-order valence-corrected chi connectivity index (χ2v) is 4.01. The molecule has 0 heterocycles. The van der Waals surface area contributed by atoms with Crippen LogP contribution in [0, 0.1) is 0 Å². The summed E-state index contributed by atoms with van der Waals surface area (Å²) in [4.78, 5) is 24.6. The summed E-state index contributed by atoms with van der Waals surface area (Å²) in [5.74, 6) is -0.316. The number of hydrogen-bond donors (Lipinski definition) is 1. The van der Waals surface area contributed by atoms with E-state index in [2.05, 4.69) is 12.2 Å². The molecule has 0 bridgehead atoms. The Morgan fingerprint density at radius 1 is 1.35 bits per heavy atom. The number of likely N-dealkylation sites (N-methyl/N-ethyl adjacent to an activating group) is 1. The molecule has 5 heteroatoms. The lowest BCUT2D eigenvalue weighted by Gasteiger charge is -2.19. The summed E-state index contributed by atoms with van der Waals surface area (Å²) in [6, 6.07) is -0.380. The standard InChI is InChI=1S/C12H24N2O3/c1-5-7-8-10(12(16)17-4)13-9-11(15)14(3)6-2/h10,13H,5-9H2,1-4H3. The molecule has 100 valence electrons. The number of esters is 1. The molecule has 0 aromatic rings. The Balaban J connectivity index is 4.15. The number of ether oxygens (including phenoxy) is 1. The fourth-order valence-electron chi connectivity index (χ4n) is 1.38. The van der Waals surface area contributed by atoms with Crippen molar-refractivity contribution in [1.29, 1.82) is 0 Å². The van der Waals surface area contributed by atoms with Crippen molar-refractivity contribution in [2.24, 2.45) is 0 Å². The van der Waals surface area contributed by atoms with Crippen LogP contribution in [0.25, 0.3) is 0 Å². The molecule has 1 amide bonds. The number of nitrogens with zero attached hydrogens (tertiary/aromatic N) is 1. The van der Waals surface area contributed by atoms with Gasteiger partial charge < -0.3 is 9.64 Å². The first-order chi connectivity index (χ1) is 8.06. The number of methoxy groups -OCH3 is 1. The molecule has 0 aromatic heterocycles. The summed E-state index contributed by atoms with van der Waals surface area (Å²) in [7, 11) is 3.10. The number of rotatable bonds is 8. The highest BCUT2D eigenvalue weighted by Crippen LogP contribution is 2.02. The van der Waals surface area contributed by atoms with Crippen LogP contribution >= 0.6 is 0 Å². The van der Waals surface area contributed by atoms with Crippen LogP contribution in [0.5, 0.6) is 0 Å². The van der Waals surface area contributed by atoms with Crippen LogP contribution in [0.4, 0.5) is 0 Å². The van der Waals surface area contributed by atoms with Crippen LogP contribution in [-0.2, 0) is 14.3 Å². The number of nitrogens with one attached hydrogen (secondary N) is 1. The van der Waals surface area contributed by atoms with Crippen molar-refractivity contribution in [3.63, 3.8) is 0 Å². The zero-order chi connectivity index (χ0) is 13.3. The molecule has 1 atom stereocenters. The first kappa shape index (κ1) is 15.9. The molecular weight excluding hydrogens is 220 g/mol. The van der Waals surface area contributed by atoms with E-state index in [9.17, 15) is 9.59 Å². The Morgan fingerprint density at radius 3 is 2.47 bits per heavy atom. The minimum Gasteiger partial charge on any atom is -0.468 e. The van der Waals surface area contributed by atoms with E-state index >= 15 is 0 Å². The smallest absolute Gasteiger partial charge is 0.322 e. The summed E-state index contributed by atoms with van der Waals surface area (Å²) in [5.41, 5.74) is 0. The SMILES string of the molecule is CCCCC(NCC(=O)N(C)CC)C(=O)OC. The third-order valence-corrected chi connectivity index (χ3v) is 2.73. The number of unbranched alkanes of at least 4 members (excludes halogenated alkanes) is 1. The van der Waals surface area contributed by atoms with Gasteiger partial charge in [0.2, 0.25) is 5.91 Å². The van der Waals surface area contributed by atoms with Gasteiger partial charge in [0.1, 0.15) is 6.04 Å². The van der Waals surface area contributed by atoms with Crippen LogP contribution in [0.15, 0.2) is 0 Å². The molecule has 0 rings (SSSR count). The lowest BCUT2D eigenvalue weighted by atomic mass is 10.1. The van der Waals surface area contributed by atoms with Gasteiger partial charge in [-0.1, -0.05) is 19.8 Å². The molecule has 5 nitrogen and oxygen atoms in total. The Kier molecular flexibility index (Phi) is 8.40. The molecule has 17 heavy (non-hydrogen) atoms. The minimum absolute atomic E-state index is 0.0158. The summed E-state index contributed by atoms with van der Waals surface area (Å²) >= 11 is 0. The fourth-order valence-corrected chi connectivity index (χ4v) is 1.38. The van der Waals surface area contributed by atoms with Gasteiger partial charge >= 0.3 is 5.97 Å². The normalized spacial score (nSPS) is 12.0. The average Bonchev–Trinajstić information content (AvgIpc) is 2.36. The molecule has 0 spiro atoms. The second kappa shape index (κ2) is 8.98. The predicted molar refractivity (Wildman–Crippen MR) is 66.6 cm³/mol. The highest BCUT2D eigenvalue weighted by Gasteiger charge is 2.19. The highest BCUT2D eigenvalue weighted by molar-refractivity contribution is 5.80. The zero-order valence-electron chi connectivity index (χ0n) is 11.3. The van der Waals surface area contributed by atoms with Crippen molar-refractivity contribution in [1.82, 2.24) is 10.2 Å². The summed E-state index contributed by atoms with van der Waals surface area (Å²) in [6.45, 7) is 4.81. The molecule has 0 fully saturated rings. The largest absolute Gasteiger partial charge is 0.468 e. The van der Waals surface area contributed by atoms with Gasteiger partial charge in [0.15, 0.2) is 0 Å². The van der Waals surface area contributed by atoms with Crippen LogP contribution < -0.4 is 5.32 Å². The van der Waals surface area contributed by atoms with E-state index in [1.807, 2.05) is 6.92 Å². The van der Waals surface area contributed by atoms with Gasteiger partial charge in [-0.15, -0.1) is 0 Å². The van der Waals surface area contributed by atoms with Crippen molar-refractivity contribution in [2.45, 2.75) is 39.2 Å². The maximum absolute atomic E-state index is 11.6. The van der Waals surface area contributed by atoms with Gasteiger partial charge in [-0.05, 0) is 13.3 Å². The van der Waals surface area contributed by atoms with Gasteiger partial charge in [0, 0.05) is 13.6 Å². The van der Waals surface area contributed by atoms with Gasteiger partial charge in [0.25, 0.3) is 0 Å². The first-order valence-electron chi connectivity index (χ1n) is 6.11. The van der Waals surface area contributed by atoms with E-state index in [-0.39, 0.29) is 24.5 Å². The molecule has 0 saturated carbocycles. The van der Waals surface area contributed by atoms with E-state index in [1.54, 1.807) is 11.9 Å². The summed E-state index contributed by atoms with van der Waals surface area (Å²) < 4.78 is 4.70. The Bertz CT molecular complexity index is 242. The lowest BCUT2D eigenvalue weighted by molar-refractivity contribution is -0.143. The van der Waals surface area contributed by atoms with Gasteiger partial charge in [-0.3, -0.25) is 14.9 Å². The molecular formula is C12H24N2O3. The predicted octanol–water partition coefficient (Wildman–Crippen LogP) is 0.786. The second-order valence-electron chi connectivity index (χ2n) is 4.01. The number of carbonyl (C=O) groups is 2. The van der Waals surface area contributed by atoms with E-state index in [4.69, 9.17) is 4.74 Å². The van der Waals surface area contributed by atoms with Gasteiger partial charge in [0.05, 0.1) is 13.7 Å². The van der Waals surface area contributed by atoms with Crippen LogP contribution in [0.2, 0.25) is 0 Å². The van der Waals surface area contributed by atoms with E-state index < -0.39 is 0 Å². The van der Waals surface area contributed by atoms with Crippen LogP contribution in [-0.4, -0.2) is 50.1 Å². The van der Waals surface area contributed by atoms with Crippen molar-refractivity contribution >= 4 is 11.9 Å². The first-order valence-corrected chi connectivity index (χ1v) is 6.11. The number of amides is 1. The maximum atomic E-state index is 11.6. The maximum Gasteiger partial charge on any atom is 0.322 e. The van der Waals surface area contributed by atoms with Gasteiger partial charge in [-0.25, -0.2) is 0 Å². The Labute approximate surface area is 103 Å². The van der Waals surface area contributed by atoms with Crippen molar-refractivity contribution in [3.8, 4) is 0 Å². The molecule has 0 aromatic carbocycles. The fraction of sp³-hybridized carbons (Fsp3) is 0.833. The molecule has 0 aliphatic heterocycles. The Morgan fingerprint density at radius 2 is 2.00 bits per heavy atom. The van der Waals surface area contributed by atoms with Crippen molar-refractivity contribution in [2.75, 3.05) is 27.2 Å². The van der Waals surface area contributed by atoms with Crippen molar-refractivity contribution in [3.05, 3.63) is 0 Å². The van der Waals surface area contributed by atoms with Crippen LogP contribution in [0.1, 0.15) is 33.1 Å². The van der Waals surface area contributed by atoms with Crippen LogP contribution in [0.3, 0.4) is 0 Å². The summed E-state index contributed by atoms with van der Waals surface area (Å²) in [6.07, 6.45) is 2.65. The number of carbonyl (C=O) groups excluding carboxylic acids is 2. The highest BCUT2D eigenvalue weighted by atomic mass is 16.5. The minimum atomic E-state index is -0.380. The molecule has 1 unspecified atom stereocenters. The quantitative estimate of drug-likeness (QED) is 0.641. The molecule has 0 aliphatic carbocycles. The molecule has 1 N–H and O–H groups in total. The van der Waals surface area contributed by atoms with E-state index in [0.29, 0.717) is 13.0 Å². The molecule has 0 radical (unpaired) electrons. The van der Waals surface area contributed by atoms with Crippen molar-refractivity contribution < 1.29 is 14.3 Å². The third kappa shape index (κ3) is 6.26. The monoisotopic (exact) mass is 244 g/mol. The lowest BCUT2D eigenvalue weighted by Crippen LogP contribution is -2.44. The average molecular weight is 244 g/mol. The van der Waals surface area contributed by atoms with Gasteiger partial charge in [-0.2, -0.15) is 0 Å². The van der Waals surface area contributed by atoms with E-state index in [1.165, 1.54) is 7.11 Å². The summed E-state index contributed by atoms with van der Waals surface area (Å²) in [5, 5.41) is 2.95. The zero-order valence-corrected chi connectivity index (χ0v) is 11.3. The third-order valence-electron chi connectivity index (χ3n) is 2.73. The molecule has 0 aliphatic rings. The topological polar surface area (TPSA) is 58.6 Å². The number of hydrogen-bond acceptors (Lipinski definition) is 4.